The molecule has 0 atom stereocenters. The molecule has 10 aromatic rings. The third kappa shape index (κ3) is 7.20. The predicted molar refractivity (Wildman–Crippen MR) is 287 cm³/mol. The molecular weight excluding hydrogens is 797 g/mol. The van der Waals surface area contributed by atoms with Crippen LogP contribution in [-0.4, -0.2) is 0 Å². The first-order valence-electron chi connectivity index (χ1n) is 23.7. The van der Waals surface area contributed by atoms with Crippen molar-refractivity contribution < 1.29 is 0 Å². The molecule has 0 saturated carbocycles. The van der Waals surface area contributed by atoms with E-state index in [1.807, 2.05) is 0 Å². The van der Waals surface area contributed by atoms with Crippen LogP contribution in [0.4, 0.5) is 34.1 Å². The summed E-state index contributed by atoms with van der Waals surface area (Å²) in [5, 5.41) is 7.83. The first-order valence-corrected chi connectivity index (χ1v) is 23.7. The van der Waals surface area contributed by atoms with Crippen molar-refractivity contribution in [1.29, 1.82) is 0 Å². The summed E-state index contributed by atoms with van der Waals surface area (Å²) in [6.45, 7) is 23.0. The number of rotatable bonds is 10. The minimum atomic E-state index is 0.281. The number of hydrogen-bond acceptors (Lipinski definition) is 2. The zero-order valence-corrected chi connectivity index (χ0v) is 40.2. The minimum Gasteiger partial charge on any atom is -0.309 e. The Morgan fingerprint density at radius 1 is 0.288 bits per heavy atom. The fourth-order valence-corrected chi connectivity index (χ4v) is 10.7. The highest BCUT2D eigenvalue weighted by atomic mass is 15.2. The van der Waals surface area contributed by atoms with Crippen molar-refractivity contribution >= 4 is 66.4 Å². The molecule has 0 fully saturated rings. The van der Waals surface area contributed by atoms with Gasteiger partial charge in [-0.3, -0.25) is 0 Å². The Bertz CT molecular complexity index is 3160. The second-order valence-electron chi connectivity index (χ2n) is 19.2. The summed E-state index contributed by atoms with van der Waals surface area (Å²) in [5.74, 6) is 0.562. The molecule has 0 amide bonds. The van der Waals surface area contributed by atoms with Gasteiger partial charge in [0.25, 0.3) is 0 Å². The van der Waals surface area contributed by atoms with Gasteiger partial charge >= 0.3 is 0 Å². The minimum absolute atomic E-state index is 0.281. The molecule has 0 radical (unpaired) electrons. The highest BCUT2D eigenvalue weighted by molar-refractivity contribution is 6.29. The maximum Gasteiger partial charge on any atom is 0.0543 e. The molecule has 0 aromatic heterocycles. The van der Waals surface area contributed by atoms with Crippen molar-refractivity contribution in [2.75, 3.05) is 9.80 Å². The smallest absolute Gasteiger partial charge is 0.0543 e. The summed E-state index contributed by atoms with van der Waals surface area (Å²) >= 11 is 0. The van der Waals surface area contributed by atoms with Crippen molar-refractivity contribution in [2.24, 2.45) is 0 Å². The van der Waals surface area contributed by atoms with Crippen LogP contribution in [0.25, 0.3) is 54.6 Å². The molecule has 326 valence electrons. The molecule has 0 saturated heterocycles. The summed E-state index contributed by atoms with van der Waals surface area (Å²) < 4.78 is 0. The molecule has 0 heterocycles. The van der Waals surface area contributed by atoms with E-state index in [0.29, 0.717) is 0 Å². The van der Waals surface area contributed by atoms with Crippen LogP contribution in [0.3, 0.4) is 0 Å². The van der Waals surface area contributed by atoms with Crippen molar-refractivity contribution in [3.05, 3.63) is 214 Å². The molecule has 0 aliphatic rings. The van der Waals surface area contributed by atoms with E-state index >= 15 is 0 Å². The van der Waals surface area contributed by atoms with Crippen LogP contribution < -0.4 is 9.80 Å². The van der Waals surface area contributed by atoms with Crippen LogP contribution in [0.5, 0.6) is 0 Å². The number of hydrogen-bond donors (Lipinski definition) is 0. The van der Waals surface area contributed by atoms with E-state index in [9.17, 15) is 0 Å². The number of benzene rings is 10. The zero-order valence-electron chi connectivity index (χ0n) is 40.2. The first-order chi connectivity index (χ1) is 31.9. The molecule has 0 spiro atoms. The van der Waals surface area contributed by atoms with Crippen LogP contribution in [0, 0.1) is 41.5 Å². The Balaban J connectivity index is 1.34. The first kappa shape index (κ1) is 42.8. The number of nitrogens with zero attached hydrogens (tertiary/aromatic N) is 2. The molecule has 0 aliphatic heterocycles. The average molecular weight is 857 g/mol. The summed E-state index contributed by atoms with van der Waals surface area (Å²) in [6, 6.07) is 63.8. The quantitative estimate of drug-likeness (QED) is 0.126. The van der Waals surface area contributed by atoms with Gasteiger partial charge in [-0.1, -0.05) is 173 Å². The Kier molecular flexibility index (Phi) is 11.0. The topological polar surface area (TPSA) is 6.48 Å². The monoisotopic (exact) mass is 856 g/mol. The van der Waals surface area contributed by atoms with Gasteiger partial charge in [-0.15, -0.1) is 0 Å². The molecule has 10 aromatic carbocycles. The Labute approximate surface area is 392 Å². The molecule has 0 bridgehead atoms. The summed E-state index contributed by atoms with van der Waals surface area (Å²) in [4.78, 5) is 5.19. The van der Waals surface area contributed by atoms with E-state index in [0.717, 1.165) is 0 Å². The lowest BCUT2D eigenvalue weighted by molar-refractivity contribution is 0.875. The van der Waals surface area contributed by atoms with Gasteiger partial charge in [0.1, 0.15) is 0 Å². The molecule has 0 aliphatic carbocycles. The van der Waals surface area contributed by atoms with Crippen LogP contribution in [0.15, 0.2) is 170 Å². The molecule has 0 unspecified atom stereocenters. The maximum atomic E-state index is 2.59. The zero-order chi connectivity index (χ0) is 46.0. The summed E-state index contributed by atoms with van der Waals surface area (Å²) in [5.41, 5.74) is 22.3. The van der Waals surface area contributed by atoms with Gasteiger partial charge in [0.05, 0.1) is 22.7 Å². The van der Waals surface area contributed by atoms with E-state index in [4.69, 9.17) is 0 Å². The third-order valence-electron chi connectivity index (χ3n) is 14.1. The van der Waals surface area contributed by atoms with Crippen LogP contribution in [-0.2, 0) is 0 Å². The lowest BCUT2D eigenvalue weighted by atomic mass is 9.83. The average Bonchev–Trinajstić information content (AvgIpc) is 3.31. The van der Waals surface area contributed by atoms with Gasteiger partial charge in [-0.25, -0.2) is 0 Å². The predicted octanol–water partition coefficient (Wildman–Crippen LogP) is 19.0. The number of aryl methyl sites for hydroxylation is 6. The SMILES string of the molecule is Cc1ccc(-c2ccccc2)cc1N(c1c(C)cccc1C)c1cc(C(C)C)c2ccc3c(N(c4cc(-c5ccccc5)ccc4C)c4c(C)cccc4C)cc(C(C)C)c4ccc1c2c43. The Morgan fingerprint density at radius 2 is 0.636 bits per heavy atom. The molecule has 66 heavy (non-hydrogen) atoms. The standard InChI is InChI=1S/C64H60N2/c1-39(2)55-37-59(65(63-43(7)19-17-20-44(63)8)57-35-49(29-27-41(57)5)47-23-13-11-14-24-47)53-34-32-52-56(40(3)4)38-60(54-33-31-51(55)61(53)62(52)54)66(64-45(9)21-18-22-46(64)10)58-36-50(30-28-42(58)6)48-25-15-12-16-26-48/h11-40H,1-10H3. The van der Waals surface area contributed by atoms with E-state index in [1.165, 1.54) is 133 Å². The lowest BCUT2D eigenvalue weighted by Crippen LogP contribution is -2.16. The number of anilines is 6. The summed E-state index contributed by atoms with van der Waals surface area (Å²) in [6.07, 6.45) is 0. The van der Waals surface area contributed by atoms with Gasteiger partial charge in [-0.05, 0) is 166 Å². The molecule has 10 rings (SSSR count). The molecule has 0 N–H and O–H groups in total. The second kappa shape index (κ2) is 17.0. The van der Waals surface area contributed by atoms with Gasteiger partial charge in [-0.2, -0.15) is 0 Å². The maximum absolute atomic E-state index is 2.59. The fourth-order valence-electron chi connectivity index (χ4n) is 10.7. The van der Waals surface area contributed by atoms with E-state index in [1.54, 1.807) is 0 Å². The third-order valence-corrected chi connectivity index (χ3v) is 14.1. The van der Waals surface area contributed by atoms with Crippen molar-refractivity contribution in [3.63, 3.8) is 0 Å². The number of para-hydroxylation sites is 2. The van der Waals surface area contributed by atoms with E-state index in [2.05, 4.69) is 249 Å². The highest BCUT2D eigenvalue weighted by Gasteiger charge is 2.29. The molecular formula is C64H60N2. The summed E-state index contributed by atoms with van der Waals surface area (Å²) in [7, 11) is 0. The van der Waals surface area contributed by atoms with Crippen molar-refractivity contribution in [3.8, 4) is 22.3 Å². The van der Waals surface area contributed by atoms with E-state index < -0.39 is 0 Å². The molecule has 2 nitrogen and oxygen atoms in total. The van der Waals surface area contributed by atoms with Crippen LogP contribution in [0.2, 0.25) is 0 Å². The van der Waals surface area contributed by atoms with Crippen LogP contribution >= 0.6 is 0 Å². The van der Waals surface area contributed by atoms with Gasteiger partial charge < -0.3 is 9.80 Å². The van der Waals surface area contributed by atoms with E-state index in [-0.39, 0.29) is 11.8 Å². The Morgan fingerprint density at radius 3 is 0.985 bits per heavy atom. The van der Waals surface area contributed by atoms with Gasteiger partial charge in [0, 0.05) is 22.1 Å². The van der Waals surface area contributed by atoms with Crippen LogP contribution in [0.1, 0.15) is 84.0 Å². The normalized spacial score (nSPS) is 11.8. The van der Waals surface area contributed by atoms with Crippen molar-refractivity contribution in [2.45, 2.75) is 81.1 Å². The lowest BCUT2D eigenvalue weighted by Gasteiger charge is -2.34. The second-order valence-corrected chi connectivity index (χ2v) is 19.2. The Hall–Kier alpha value is -7.16. The molecule has 2 heteroatoms. The van der Waals surface area contributed by atoms with Crippen molar-refractivity contribution in [1.82, 2.24) is 0 Å². The largest absolute Gasteiger partial charge is 0.309 e. The highest BCUT2D eigenvalue weighted by Crippen LogP contribution is 2.53. The van der Waals surface area contributed by atoms with Gasteiger partial charge in [0.2, 0.25) is 0 Å². The van der Waals surface area contributed by atoms with Gasteiger partial charge in [0.15, 0.2) is 0 Å². The fraction of sp³-hybridized carbons (Fsp3) is 0.188.